The lowest BCUT2D eigenvalue weighted by Crippen LogP contribution is -2.32. The maximum Gasteiger partial charge on any atom is 0.413 e. The van der Waals surface area contributed by atoms with Gasteiger partial charge in [0.25, 0.3) is 0 Å². The first-order chi connectivity index (χ1) is 16.1. The van der Waals surface area contributed by atoms with Gasteiger partial charge in [0, 0.05) is 18.2 Å². The van der Waals surface area contributed by atoms with Gasteiger partial charge in [-0.15, -0.1) is 11.3 Å². The van der Waals surface area contributed by atoms with E-state index in [1.165, 1.54) is 42.6 Å². The van der Waals surface area contributed by atoms with Crippen LogP contribution in [0, 0.1) is 11.8 Å². The van der Waals surface area contributed by atoms with Gasteiger partial charge in [-0.1, -0.05) is 73.5 Å². The first-order valence-electron chi connectivity index (χ1n) is 11.8. The van der Waals surface area contributed by atoms with E-state index in [1.807, 2.05) is 30.3 Å². The molecule has 1 aliphatic rings. The van der Waals surface area contributed by atoms with Crippen LogP contribution in [-0.2, 0) is 0 Å². The molecule has 1 amide bonds. The molecule has 174 valence electrons. The first-order valence-corrected chi connectivity index (χ1v) is 12.7. The highest BCUT2D eigenvalue weighted by atomic mass is 32.1. The molecule has 1 heterocycles. The third-order valence-corrected chi connectivity index (χ3v) is 7.43. The van der Waals surface area contributed by atoms with Gasteiger partial charge >= 0.3 is 6.09 Å². The quantitative estimate of drug-likeness (QED) is 0.420. The normalized spacial score (nSPS) is 19.2. The van der Waals surface area contributed by atoms with Crippen molar-refractivity contribution >= 4 is 17.4 Å². The lowest BCUT2D eigenvalue weighted by atomic mass is 9.75. The molecule has 6 heteroatoms. The number of thiazole rings is 1. The van der Waals surface area contributed by atoms with Gasteiger partial charge in [0.15, 0.2) is 0 Å². The van der Waals surface area contributed by atoms with Crippen molar-refractivity contribution in [2.24, 2.45) is 11.8 Å². The highest BCUT2D eigenvalue weighted by Gasteiger charge is 2.29. The fraction of sp³-hybridized carbons (Fsp3) is 0.407. The SMILES string of the molecule is CN(C)C(c1ccccc1)C1CCC(CCNC(=O)Oc2csc(-c3ccccc3)n2)CC1. The Labute approximate surface area is 200 Å². The standard InChI is InChI=1S/C27H33N3O2S/c1-30(2)25(21-9-5-3-6-10-21)22-15-13-20(14-16-22)17-18-28-27(31)32-24-19-33-26(29-24)23-11-7-4-8-12-23/h3-12,19-20,22,25H,13-18H2,1-2H3,(H,28,31). The lowest BCUT2D eigenvalue weighted by Gasteiger charge is -2.37. The molecule has 1 saturated carbocycles. The molecule has 33 heavy (non-hydrogen) atoms. The van der Waals surface area contributed by atoms with Crippen LogP contribution in [0.2, 0.25) is 0 Å². The highest BCUT2D eigenvalue weighted by Crippen LogP contribution is 2.40. The topological polar surface area (TPSA) is 54.5 Å². The number of rotatable bonds is 8. The number of carbonyl (C=O) groups excluding carboxylic acids is 1. The molecular formula is C27H33N3O2S. The van der Waals surface area contributed by atoms with Crippen molar-refractivity contribution in [2.45, 2.75) is 38.1 Å². The number of hydrogen-bond donors (Lipinski definition) is 1. The third-order valence-electron chi connectivity index (χ3n) is 6.56. The van der Waals surface area contributed by atoms with E-state index in [0.717, 1.165) is 17.0 Å². The Balaban J connectivity index is 1.19. The molecule has 3 aromatic rings. The Morgan fingerprint density at radius 1 is 1.06 bits per heavy atom. The van der Waals surface area contributed by atoms with Crippen molar-refractivity contribution in [1.82, 2.24) is 15.2 Å². The van der Waals surface area contributed by atoms with E-state index in [0.29, 0.717) is 30.3 Å². The van der Waals surface area contributed by atoms with Crippen LogP contribution >= 0.6 is 11.3 Å². The molecule has 1 fully saturated rings. The average Bonchev–Trinajstić information content (AvgIpc) is 3.30. The van der Waals surface area contributed by atoms with Gasteiger partial charge in [0.2, 0.25) is 5.88 Å². The minimum absolute atomic E-state index is 0.354. The van der Waals surface area contributed by atoms with Gasteiger partial charge < -0.3 is 15.0 Å². The van der Waals surface area contributed by atoms with Crippen molar-refractivity contribution in [3.8, 4) is 16.5 Å². The van der Waals surface area contributed by atoms with Gasteiger partial charge in [-0.2, -0.15) is 0 Å². The van der Waals surface area contributed by atoms with E-state index in [2.05, 4.69) is 59.6 Å². The summed E-state index contributed by atoms with van der Waals surface area (Å²) < 4.78 is 5.37. The van der Waals surface area contributed by atoms with Crippen LogP contribution < -0.4 is 10.1 Å². The molecule has 1 atom stereocenters. The zero-order valence-electron chi connectivity index (χ0n) is 19.4. The number of nitrogens with zero attached hydrogens (tertiary/aromatic N) is 2. The average molecular weight is 464 g/mol. The Hall–Kier alpha value is -2.70. The lowest BCUT2D eigenvalue weighted by molar-refractivity contribution is 0.145. The zero-order valence-corrected chi connectivity index (χ0v) is 20.3. The smallest absolute Gasteiger partial charge is 0.390 e. The predicted octanol–water partition coefficient (Wildman–Crippen LogP) is 6.40. The molecule has 1 aliphatic carbocycles. The molecule has 4 rings (SSSR count). The molecule has 1 N–H and O–H groups in total. The maximum atomic E-state index is 12.2. The Bertz CT molecular complexity index is 998. The predicted molar refractivity (Wildman–Crippen MR) is 135 cm³/mol. The van der Waals surface area contributed by atoms with Crippen molar-refractivity contribution in [2.75, 3.05) is 20.6 Å². The maximum absolute atomic E-state index is 12.2. The van der Waals surface area contributed by atoms with Gasteiger partial charge in [-0.25, -0.2) is 9.78 Å². The molecule has 1 aromatic heterocycles. The number of ether oxygens (including phenoxy) is 1. The summed E-state index contributed by atoms with van der Waals surface area (Å²) in [4.78, 5) is 19.0. The summed E-state index contributed by atoms with van der Waals surface area (Å²) in [7, 11) is 4.37. The second-order valence-electron chi connectivity index (χ2n) is 9.06. The van der Waals surface area contributed by atoms with Crippen molar-refractivity contribution in [3.63, 3.8) is 0 Å². The van der Waals surface area contributed by atoms with Crippen LogP contribution in [0.3, 0.4) is 0 Å². The largest absolute Gasteiger partial charge is 0.413 e. The number of nitrogens with one attached hydrogen (secondary N) is 1. The molecule has 0 spiro atoms. The summed E-state index contributed by atoms with van der Waals surface area (Å²) in [6, 6.07) is 21.2. The van der Waals surface area contributed by atoms with E-state index in [4.69, 9.17) is 4.74 Å². The molecule has 0 radical (unpaired) electrons. The molecule has 0 saturated heterocycles. The highest BCUT2D eigenvalue weighted by molar-refractivity contribution is 7.13. The summed E-state index contributed by atoms with van der Waals surface area (Å²) in [6.45, 7) is 0.639. The van der Waals surface area contributed by atoms with Crippen LogP contribution in [0.5, 0.6) is 5.88 Å². The van der Waals surface area contributed by atoms with Crippen LogP contribution in [0.1, 0.15) is 43.7 Å². The number of benzene rings is 2. The van der Waals surface area contributed by atoms with Crippen LogP contribution in [0.25, 0.3) is 10.6 Å². The van der Waals surface area contributed by atoms with Crippen LogP contribution in [0.4, 0.5) is 4.79 Å². The minimum Gasteiger partial charge on any atom is -0.390 e. The number of hydrogen-bond acceptors (Lipinski definition) is 5. The molecule has 0 aliphatic heterocycles. The summed E-state index contributed by atoms with van der Waals surface area (Å²) in [5.41, 5.74) is 2.44. The second-order valence-corrected chi connectivity index (χ2v) is 9.92. The van der Waals surface area contributed by atoms with Crippen molar-refractivity contribution in [3.05, 3.63) is 71.6 Å². The van der Waals surface area contributed by atoms with E-state index < -0.39 is 6.09 Å². The van der Waals surface area contributed by atoms with E-state index in [9.17, 15) is 4.79 Å². The first kappa shape index (κ1) is 23.5. The fourth-order valence-electron chi connectivity index (χ4n) is 4.96. The zero-order chi connectivity index (χ0) is 23.0. The van der Waals surface area contributed by atoms with Gasteiger partial charge in [-0.3, -0.25) is 0 Å². The fourth-order valence-corrected chi connectivity index (χ4v) is 5.69. The Kier molecular flexibility index (Phi) is 8.13. The number of aromatic nitrogens is 1. The van der Waals surface area contributed by atoms with Crippen molar-refractivity contribution < 1.29 is 9.53 Å². The van der Waals surface area contributed by atoms with E-state index in [1.54, 1.807) is 5.38 Å². The molecule has 1 unspecified atom stereocenters. The summed E-state index contributed by atoms with van der Waals surface area (Å²) in [5.74, 6) is 1.69. The second kappa shape index (κ2) is 11.4. The number of amides is 1. The Morgan fingerprint density at radius 2 is 1.73 bits per heavy atom. The van der Waals surface area contributed by atoms with Gasteiger partial charge in [-0.05, 0) is 50.8 Å². The molecule has 0 bridgehead atoms. The minimum atomic E-state index is -0.426. The van der Waals surface area contributed by atoms with E-state index in [-0.39, 0.29) is 0 Å². The van der Waals surface area contributed by atoms with Crippen LogP contribution in [-0.4, -0.2) is 36.6 Å². The summed E-state index contributed by atoms with van der Waals surface area (Å²) in [5, 5.41) is 5.52. The number of carbonyl (C=O) groups is 1. The molecular weight excluding hydrogens is 430 g/mol. The van der Waals surface area contributed by atoms with Crippen LogP contribution in [0.15, 0.2) is 66.0 Å². The van der Waals surface area contributed by atoms with Gasteiger partial charge in [0.05, 0.1) is 5.38 Å². The van der Waals surface area contributed by atoms with Crippen molar-refractivity contribution in [1.29, 1.82) is 0 Å². The molecule has 5 nitrogen and oxygen atoms in total. The van der Waals surface area contributed by atoms with Gasteiger partial charge in [0.1, 0.15) is 5.01 Å². The summed E-state index contributed by atoms with van der Waals surface area (Å²) >= 11 is 1.47. The third kappa shape index (κ3) is 6.42. The molecule has 2 aromatic carbocycles. The van der Waals surface area contributed by atoms with E-state index >= 15 is 0 Å². The monoisotopic (exact) mass is 463 g/mol. The summed E-state index contributed by atoms with van der Waals surface area (Å²) in [6.07, 6.45) is 5.45. The Morgan fingerprint density at radius 3 is 2.39 bits per heavy atom.